The molecule has 0 fully saturated rings. The minimum atomic E-state index is -0.241. The third kappa shape index (κ3) is 4.90. The number of hydrogen-bond acceptors (Lipinski definition) is 4. The van der Waals surface area contributed by atoms with Crippen LogP contribution in [0.2, 0.25) is 5.02 Å². The highest BCUT2D eigenvalue weighted by molar-refractivity contribution is 7.98. The molecule has 3 rings (SSSR count). The molecule has 0 bridgehead atoms. The minimum absolute atomic E-state index is 0.121. The van der Waals surface area contributed by atoms with Crippen molar-refractivity contribution in [3.63, 3.8) is 0 Å². The maximum Gasteiger partial charge on any atom is 0.251 e. The number of amides is 1. The monoisotopic (exact) mass is 400 g/mol. The molecule has 0 saturated carbocycles. The zero-order valence-electron chi connectivity index (χ0n) is 15.2. The lowest BCUT2D eigenvalue weighted by Crippen LogP contribution is -2.28. The van der Waals surface area contributed by atoms with Gasteiger partial charge in [-0.05, 0) is 43.7 Å². The maximum atomic E-state index is 12.4. The van der Waals surface area contributed by atoms with Crippen LogP contribution in [0.15, 0.2) is 59.8 Å². The van der Waals surface area contributed by atoms with Gasteiger partial charge in [0.1, 0.15) is 0 Å². The molecule has 140 valence electrons. The summed E-state index contributed by atoms with van der Waals surface area (Å²) in [4.78, 5) is 12.4. The number of aromatic nitrogens is 3. The van der Waals surface area contributed by atoms with E-state index in [-0.39, 0.29) is 11.9 Å². The first-order valence-corrected chi connectivity index (χ1v) is 10.1. The van der Waals surface area contributed by atoms with E-state index in [1.807, 2.05) is 60.9 Å². The van der Waals surface area contributed by atoms with E-state index < -0.39 is 0 Å². The Morgan fingerprint density at radius 3 is 2.52 bits per heavy atom. The van der Waals surface area contributed by atoms with Gasteiger partial charge in [-0.15, -0.1) is 10.2 Å². The number of halogens is 1. The van der Waals surface area contributed by atoms with Crippen LogP contribution in [-0.4, -0.2) is 20.7 Å². The van der Waals surface area contributed by atoms with Gasteiger partial charge in [0.05, 0.1) is 6.04 Å². The smallest absolute Gasteiger partial charge is 0.251 e. The van der Waals surface area contributed by atoms with Crippen LogP contribution in [-0.2, 0) is 12.3 Å². The van der Waals surface area contributed by atoms with E-state index in [0.29, 0.717) is 5.56 Å². The van der Waals surface area contributed by atoms with Gasteiger partial charge in [-0.3, -0.25) is 4.79 Å². The van der Waals surface area contributed by atoms with Crippen LogP contribution < -0.4 is 5.32 Å². The summed E-state index contributed by atoms with van der Waals surface area (Å²) in [5.74, 6) is 1.41. The molecule has 0 unspecified atom stereocenters. The first-order valence-electron chi connectivity index (χ1n) is 8.74. The first kappa shape index (κ1) is 19.5. The van der Waals surface area contributed by atoms with E-state index in [1.54, 1.807) is 23.9 Å². The molecule has 3 aromatic rings. The lowest BCUT2D eigenvalue weighted by molar-refractivity contribution is 0.0937. The molecule has 1 atom stereocenters. The average Bonchev–Trinajstić information content (AvgIpc) is 3.11. The van der Waals surface area contributed by atoms with Gasteiger partial charge in [-0.1, -0.05) is 53.7 Å². The van der Waals surface area contributed by atoms with Crippen molar-refractivity contribution in [3.05, 3.63) is 76.6 Å². The second kappa shape index (κ2) is 9.06. The Hall–Kier alpha value is -2.31. The first-order chi connectivity index (χ1) is 13.1. The number of carbonyl (C=O) groups excluding carboxylic acids is 1. The van der Waals surface area contributed by atoms with Gasteiger partial charge in [0.15, 0.2) is 11.0 Å². The normalized spacial score (nSPS) is 12.0. The summed E-state index contributed by atoms with van der Waals surface area (Å²) in [5, 5.41) is 13.2. The lowest BCUT2D eigenvalue weighted by atomic mass is 10.2. The van der Waals surface area contributed by atoms with Crippen molar-refractivity contribution in [2.45, 2.75) is 37.3 Å². The molecular weight excluding hydrogens is 380 g/mol. The number of thioether (sulfide) groups is 1. The maximum absolute atomic E-state index is 12.4. The second-order valence-electron chi connectivity index (χ2n) is 6.06. The SMILES string of the molecule is CCn1c(SCc2ccc(Cl)cc2)nnc1[C@@H](C)NC(=O)c1ccccc1. The predicted molar refractivity (Wildman–Crippen MR) is 109 cm³/mol. The zero-order valence-corrected chi connectivity index (χ0v) is 16.8. The van der Waals surface area contributed by atoms with Crippen molar-refractivity contribution in [3.8, 4) is 0 Å². The third-order valence-electron chi connectivity index (χ3n) is 4.11. The zero-order chi connectivity index (χ0) is 19.2. The number of nitrogens with one attached hydrogen (secondary N) is 1. The summed E-state index contributed by atoms with van der Waals surface area (Å²) in [6, 6.07) is 16.7. The summed E-state index contributed by atoms with van der Waals surface area (Å²) in [6.45, 7) is 4.70. The van der Waals surface area contributed by atoms with Crippen LogP contribution in [0.3, 0.4) is 0 Å². The molecule has 1 amide bonds. The van der Waals surface area contributed by atoms with Gasteiger partial charge in [0, 0.05) is 22.9 Å². The van der Waals surface area contributed by atoms with E-state index in [1.165, 1.54) is 5.56 Å². The average molecular weight is 401 g/mol. The van der Waals surface area contributed by atoms with Crippen molar-refractivity contribution >= 4 is 29.3 Å². The molecule has 0 aliphatic rings. The third-order valence-corrected chi connectivity index (χ3v) is 5.40. The van der Waals surface area contributed by atoms with Crippen LogP contribution in [0.1, 0.15) is 41.6 Å². The molecule has 1 aromatic heterocycles. The fourth-order valence-corrected chi connectivity index (χ4v) is 3.78. The summed E-state index contributed by atoms with van der Waals surface area (Å²) in [7, 11) is 0. The number of benzene rings is 2. The standard InChI is InChI=1S/C20H21ClN4OS/c1-3-25-18(14(2)22-19(26)16-7-5-4-6-8-16)23-24-20(25)27-13-15-9-11-17(21)12-10-15/h4-12,14H,3,13H2,1-2H3,(H,22,26)/t14-/m1/s1. The summed E-state index contributed by atoms with van der Waals surface area (Å²) in [5.41, 5.74) is 1.80. The van der Waals surface area contributed by atoms with E-state index in [4.69, 9.17) is 11.6 Å². The summed E-state index contributed by atoms with van der Waals surface area (Å²) in [6.07, 6.45) is 0. The molecule has 7 heteroatoms. The molecule has 0 spiro atoms. The van der Waals surface area contributed by atoms with Crippen LogP contribution in [0.5, 0.6) is 0 Å². The van der Waals surface area contributed by atoms with Crippen molar-refractivity contribution in [1.82, 2.24) is 20.1 Å². The van der Waals surface area contributed by atoms with Crippen molar-refractivity contribution in [1.29, 1.82) is 0 Å². The van der Waals surface area contributed by atoms with Gasteiger partial charge < -0.3 is 9.88 Å². The molecule has 2 aromatic carbocycles. The Morgan fingerprint density at radius 1 is 1.15 bits per heavy atom. The molecule has 0 saturated heterocycles. The number of carbonyl (C=O) groups is 1. The Labute approximate surface area is 168 Å². The van der Waals surface area contributed by atoms with Gasteiger partial charge in [0.25, 0.3) is 5.91 Å². The fourth-order valence-electron chi connectivity index (χ4n) is 2.69. The highest BCUT2D eigenvalue weighted by atomic mass is 35.5. The molecule has 1 N–H and O–H groups in total. The molecule has 0 aliphatic carbocycles. The highest BCUT2D eigenvalue weighted by Crippen LogP contribution is 2.24. The van der Waals surface area contributed by atoms with E-state index in [0.717, 1.165) is 28.3 Å². The molecule has 1 heterocycles. The molecular formula is C20H21ClN4OS. The van der Waals surface area contributed by atoms with Crippen molar-refractivity contribution in [2.75, 3.05) is 0 Å². The molecule has 27 heavy (non-hydrogen) atoms. The van der Waals surface area contributed by atoms with E-state index >= 15 is 0 Å². The Bertz CT molecular complexity index is 896. The Kier molecular flexibility index (Phi) is 6.53. The van der Waals surface area contributed by atoms with E-state index in [9.17, 15) is 4.79 Å². The van der Waals surface area contributed by atoms with Gasteiger partial charge in [-0.25, -0.2) is 0 Å². The largest absolute Gasteiger partial charge is 0.342 e. The lowest BCUT2D eigenvalue weighted by Gasteiger charge is -2.15. The minimum Gasteiger partial charge on any atom is -0.342 e. The number of rotatable bonds is 7. The van der Waals surface area contributed by atoms with E-state index in [2.05, 4.69) is 15.5 Å². The van der Waals surface area contributed by atoms with Crippen molar-refractivity contribution in [2.24, 2.45) is 0 Å². The number of hydrogen-bond donors (Lipinski definition) is 1. The fraction of sp³-hybridized carbons (Fsp3) is 0.250. The van der Waals surface area contributed by atoms with Crippen molar-refractivity contribution < 1.29 is 4.79 Å². The van der Waals surface area contributed by atoms with Crippen LogP contribution in [0.25, 0.3) is 0 Å². The van der Waals surface area contributed by atoms with Crippen LogP contribution >= 0.6 is 23.4 Å². The summed E-state index contributed by atoms with van der Waals surface area (Å²) < 4.78 is 2.04. The second-order valence-corrected chi connectivity index (χ2v) is 7.44. The Balaban J connectivity index is 1.69. The molecule has 5 nitrogen and oxygen atoms in total. The number of nitrogens with zero attached hydrogens (tertiary/aromatic N) is 3. The summed E-state index contributed by atoms with van der Waals surface area (Å²) >= 11 is 7.55. The highest BCUT2D eigenvalue weighted by Gasteiger charge is 2.19. The Morgan fingerprint density at radius 2 is 1.85 bits per heavy atom. The van der Waals surface area contributed by atoms with Crippen LogP contribution in [0, 0.1) is 0 Å². The molecule has 0 radical (unpaired) electrons. The van der Waals surface area contributed by atoms with Crippen LogP contribution in [0.4, 0.5) is 0 Å². The van der Waals surface area contributed by atoms with Gasteiger partial charge in [-0.2, -0.15) is 0 Å². The molecule has 0 aliphatic heterocycles. The quantitative estimate of drug-likeness (QED) is 0.582. The predicted octanol–water partition coefficient (Wildman–Crippen LogP) is 4.73. The topological polar surface area (TPSA) is 59.8 Å². The van der Waals surface area contributed by atoms with Gasteiger partial charge >= 0.3 is 0 Å². The van der Waals surface area contributed by atoms with Gasteiger partial charge in [0.2, 0.25) is 0 Å².